The molecule has 0 amide bonds. The van der Waals surface area contributed by atoms with Crippen LogP contribution in [0, 0.1) is 6.92 Å². The van der Waals surface area contributed by atoms with Gasteiger partial charge >= 0.3 is 11.9 Å². The van der Waals surface area contributed by atoms with E-state index in [1.54, 1.807) is 80.8 Å². The van der Waals surface area contributed by atoms with E-state index in [0.29, 0.717) is 39.5 Å². The number of carbonyl (C=O) groups is 3. The molecule has 0 aliphatic carbocycles. The first-order chi connectivity index (χ1) is 16.4. The van der Waals surface area contributed by atoms with Crippen molar-refractivity contribution in [1.82, 2.24) is 0 Å². The zero-order valence-electron chi connectivity index (χ0n) is 18.9. The van der Waals surface area contributed by atoms with Crippen LogP contribution in [0.3, 0.4) is 0 Å². The predicted octanol–water partition coefficient (Wildman–Crippen LogP) is 4.55. The fourth-order valence-corrected chi connectivity index (χ4v) is 3.53. The van der Waals surface area contributed by atoms with Gasteiger partial charge in [0.2, 0.25) is 5.78 Å². The van der Waals surface area contributed by atoms with E-state index in [9.17, 15) is 14.4 Å². The van der Waals surface area contributed by atoms with Gasteiger partial charge in [0, 0.05) is 5.56 Å². The molecule has 1 heterocycles. The van der Waals surface area contributed by atoms with Crippen LogP contribution in [0.15, 0.2) is 66.4 Å². The molecule has 3 aromatic carbocycles. The normalized spacial score (nSPS) is 13.3. The minimum absolute atomic E-state index is 0.0903. The van der Waals surface area contributed by atoms with Crippen LogP contribution in [0.1, 0.15) is 37.4 Å². The van der Waals surface area contributed by atoms with Crippen LogP contribution in [-0.4, -0.2) is 31.9 Å². The average molecular weight is 458 g/mol. The summed E-state index contributed by atoms with van der Waals surface area (Å²) < 4.78 is 21.2. The number of methoxy groups -OCH3 is 2. The number of Topliss-reactive ketones (excluding diaryl/α,β-unsaturated/α-hetero) is 1. The van der Waals surface area contributed by atoms with Crippen molar-refractivity contribution in [3.05, 3.63) is 94.2 Å². The van der Waals surface area contributed by atoms with Crippen LogP contribution in [-0.2, 0) is 16.0 Å². The Morgan fingerprint density at radius 3 is 2.29 bits per heavy atom. The Morgan fingerprint density at radius 2 is 1.65 bits per heavy atom. The van der Waals surface area contributed by atoms with Crippen molar-refractivity contribution in [2.75, 3.05) is 14.2 Å². The first kappa shape index (κ1) is 22.8. The minimum atomic E-state index is -0.440. The van der Waals surface area contributed by atoms with Gasteiger partial charge in [0.15, 0.2) is 5.76 Å². The fraction of sp³-hybridized carbons (Fsp3) is 0.148. The molecule has 7 nitrogen and oxygen atoms in total. The fourth-order valence-electron chi connectivity index (χ4n) is 3.53. The largest absolute Gasteiger partial charge is 0.497 e. The van der Waals surface area contributed by atoms with Gasteiger partial charge < -0.3 is 18.9 Å². The van der Waals surface area contributed by atoms with Gasteiger partial charge in [-0.15, -0.1) is 0 Å². The highest BCUT2D eigenvalue weighted by atomic mass is 16.5. The topological polar surface area (TPSA) is 88.1 Å². The monoisotopic (exact) mass is 458 g/mol. The lowest BCUT2D eigenvalue weighted by molar-refractivity contribution is -0.133. The molecular formula is C27H22O7. The molecule has 0 spiro atoms. The van der Waals surface area contributed by atoms with Gasteiger partial charge in [0.05, 0.1) is 31.8 Å². The molecule has 7 heteroatoms. The number of fused-ring (bicyclic) bond motifs is 1. The number of benzene rings is 3. The number of carbonyl (C=O) groups excluding carboxylic acids is 3. The molecule has 0 atom stereocenters. The first-order valence-corrected chi connectivity index (χ1v) is 10.5. The lowest BCUT2D eigenvalue weighted by Gasteiger charge is -2.10. The lowest BCUT2D eigenvalue weighted by Crippen LogP contribution is -2.12. The number of rotatable bonds is 6. The van der Waals surface area contributed by atoms with E-state index < -0.39 is 11.9 Å². The third-order valence-corrected chi connectivity index (χ3v) is 5.40. The van der Waals surface area contributed by atoms with E-state index in [4.69, 9.17) is 14.2 Å². The zero-order valence-corrected chi connectivity index (χ0v) is 18.9. The molecule has 0 unspecified atom stereocenters. The summed E-state index contributed by atoms with van der Waals surface area (Å²) in [6.45, 7) is 1.73. The Balaban J connectivity index is 1.49. The zero-order chi connectivity index (χ0) is 24.2. The highest BCUT2D eigenvalue weighted by Gasteiger charge is 2.30. The molecular weight excluding hydrogens is 436 g/mol. The molecule has 34 heavy (non-hydrogen) atoms. The van der Waals surface area contributed by atoms with Gasteiger partial charge in [-0.2, -0.15) is 0 Å². The van der Waals surface area contributed by atoms with E-state index in [1.807, 2.05) is 0 Å². The van der Waals surface area contributed by atoms with Crippen molar-refractivity contribution in [3.63, 3.8) is 0 Å². The smallest absolute Gasteiger partial charge is 0.337 e. The summed E-state index contributed by atoms with van der Waals surface area (Å²) in [6.07, 6.45) is 1.69. The van der Waals surface area contributed by atoms with Crippen molar-refractivity contribution in [2.24, 2.45) is 0 Å². The molecule has 0 saturated carbocycles. The van der Waals surface area contributed by atoms with E-state index >= 15 is 0 Å². The maximum absolute atomic E-state index is 12.8. The molecule has 0 fully saturated rings. The van der Waals surface area contributed by atoms with Gasteiger partial charge in [0.25, 0.3) is 0 Å². The molecule has 0 bridgehead atoms. The summed E-state index contributed by atoms with van der Waals surface area (Å²) in [4.78, 5) is 36.9. The molecule has 0 N–H and O–H groups in total. The SMILES string of the molecule is COC(=O)c1ccc(/C=C2\Oc3c(ccc(OC(=O)Cc4ccc(OC)cc4)c3C)C2=O)cc1. The molecule has 3 aromatic rings. The summed E-state index contributed by atoms with van der Waals surface area (Å²) in [5.41, 5.74) is 2.83. The van der Waals surface area contributed by atoms with Crippen LogP contribution in [0.25, 0.3) is 6.08 Å². The lowest BCUT2D eigenvalue weighted by atomic mass is 10.1. The number of ether oxygens (including phenoxy) is 4. The second-order valence-electron chi connectivity index (χ2n) is 7.62. The second-order valence-corrected chi connectivity index (χ2v) is 7.62. The summed E-state index contributed by atoms with van der Waals surface area (Å²) in [7, 11) is 2.89. The maximum atomic E-state index is 12.8. The Kier molecular flexibility index (Phi) is 6.45. The van der Waals surface area contributed by atoms with Crippen LogP contribution in [0.4, 0.5) is 0 Å². The second kappa shape index (κ2) is 9.62. The number of hydrogen-bond donors (Lipinski definition) is 0. The van der Waals surface area contributed by atoms with Crippen molar-refractivity contribution in [1.29, 1.82) is 0 Å². The average Bonchev–Trinajstić information content (AvgIpc) is 3.17. The van der Waals surface area contributed by atoms with Gasteiger partial charge in [-0.05, 0) is 60.5 Å². The van der Waals surface area contributed by atoms with Crippen LogP contribution in [0.5, 0.6) is 17.2 Å². The van der Waals surface area contributed by atoms with Gasteiger partial charge in [-0.1, -0.05) is 24.3 Å². The summed E-state index contributed by atoms with van der Waals surface area (Å²) in [5, 5.41) is 0. The Morgan fingerprint density at radius 1 is 0.941 bits per heavy atom. The first-order valence-electron chi connectivity index (χ1n) is 10.5. The standard InChI is InChI=1S/C27H22O7/c1-16-22(33-24(28)15-18-6-10-20(31-2)11-7-18)13-12-21-25(29)23(34-26(16)21)14-17-4-8-19(9-5-17)27(30)32-3/h4-14H,15H2,1-3H3/b23-14-. The number of esters is 2. The van der Waals surface area contributed by atoms with Crippen molar-refractivity contribution in [2.45, 2.75) is 13.3 Å². The van der Waals surface area contributed by atoms with Gasteiger partial charge in [-0.3, -0.25) is 9.59 Å². The Labute approximate surface area is 196 Å². The van der Waals surface area contributed by atoms with E-state index in [-0.39, 0.29) is 18.0 Å². The highest BCUT2D eigenvalue weighted by molar-refractivity contribution is 6.15. The molecule has 1 aliphatic heterocycles. The number of allylic oxidation sites excluding steroid dienone is 1. The van der Waals surface area contributed by atoms with Crippen molar-refractivity contribution in [3.8, 4) is 17.2 Å². The Hall–Kier alpha value is -4.39. The molecule has 0 aromatic heterocycles. The van der Waals surface area contributed by atoms with E-state index in [1.165, 1.54) is 7.11 Å². The minimum Gasteiger partial charge on any atom is -0.497 e. The Bertz CT molecular complexity index is 1290. The third kappa shape index (κ3) is 4.68. The summed E-state index contributed by atoms with van der Waals surface area (Å²) in [6, 6.07) is 16.9. The van der Waals surface area contributed by atoms with Crippen molar-refractivity contribution < 1.29 is 33.3 Å². The van der Waals surface area contributed by atoms with E-state index in [2.05, 4.69) is 4.74 Å². The van der Waals surface area contributed by atoms with Crippen LogP contribution in [0.2, 0.25) is 0 Å². The van der Waals surface area contributed by atoms with Gasteiger partial charge in [0.1, 0.15) is 17.2 Å². The number of hydrogen-bond acceptors (Lipinski definition) is 7. The molecule has 0 radical (unpaired) electrons. The highest BCUT2D eigenvalue weighted by Crippen LogP contribution is 2.39. The predicted molar refractivity (Wildman–Crippen MR) is 124 cm³/mol. The molecule has 4 rings (SSSR count). The maximum Gasteiger partial charge on any atom is 0.337 e. The number of ketones is 1. The summed E-state index contributed by atoms with van der Waals surface area (Å²) >= 11 is 0. The van der Waals surface area contributed by atoms with Crippen LogP contribution >= 0.6 is 0 Å². The van der Waals surface area contributed by atoms with E-state index in [0.717, 1.165) is 5.56 Å². The van der Waals surface area contributed by atoms with Gasteiger partial charge in [-0.25, -0.2) is 4.79 Å². The molecule has 0 saturated heterocycles. The molecule has 172 valence electrons. The van der Waals surface area contributed by atoms with Crippen LogP contribution < -0.4 is 14.2 Å². The third-order valence-electron chi connectivity index (χ3n) is 5.40. The molecule has 1 aliphatic rings. The summed E-state index contributed by atoms with van der Waals surface area (Å²) in [5.74, 6) is 0.392. The van der Waals surface area contributed by atoms with Crippen molar-refractivity contribution >= 4 is 23.8 Å². The quantitative estimate of drug-likeness (QED) is 0.304.